The molecule has 8 heteroatoms. The van der Waals surface area contributed by atoms with E-state index in [1.807, 2.05) is 6.07 Å². The van der Waals surface area contributed by atoms with Gasteiger partial charge < -0.3 is 10.1 Å². The second-order valence-corrected chi connectivity index (χ2v) is 7.07. The van der Waals surface area contributed by atoms with E-state index in [0.29, 0.717) is 26.7 Å². The van der Waals surface area contributed by atoms with E-state index in [1.165, 1.54) is 18.2 Å². The normalized spacial score (nSPS) is 10.9. The van der Waals surface area contributed by atoms with E-state index in [-0.39, 0.29) is 18.0 Å². The molecule has 29 heavy (non-hydrogen) atoms. The van der Waals surface area contributed by atoms with E-state index < -0.39 is 11.7 Å². The standard InChI is InChI=1S/C21H14Cl2FN3O2/c22-16-7-5-12(9-17(16)23)11-29-13-6-8-19-15(10-13)20(27-26-19)25-21(28)14-3-1-2-4-18(14)24/h1-10H,11H2,(H2,25,26,27,28). The molecule has 0 saturated carbocycles. The minimum absolute atomic E-state index is 0.0596. The topological polar surface area (TPSA) is 67.0 Å². The Morgan fingerprint density at radius 3 is 2.69 bits per heavy atom. The molecule has 3 aromatic carbocycles. The number of amides is 1. The van der Waals surface area contributed by atoms with Gasteiger partial charge in [-0.1, -0.05) is 41.4 Å². The zero-order valence-corrected chi connectivity index (χ0v) is 16.4. The average Bonchev–Trinajstić information content (AvgIpc) is 3.11. The maximum absolute atomic E-state index is 13.8. The molecule has 0 spiro atoms. The van der Waals surface area contributed by atoms with Gasteiger partial charge in [0.1, 0.15) is 18.2 Å². The fourth-order valence-corrected chi connectivity index (χ4v) is 3.12. The lowest BCUT2D eigenvalue weighted by atomic mass is 10.2. The van der Waals surface area contributed by atoms with Gasteiger partial charge in [0.25, 0.3) is 5.91 Å². The van der Waals surface area contributed by atoms with Gasteiger partial charge in [0, 0.05) is 5.39 Å². The number of aromatic nitrogens is 2. The summed E-state index contributed by atoms with van der Waals surface area (Å²) in [5, 5.41) is 11.1. The molecule has 0 saturated heterocycles. The maximum Gasteiger partial charge on any atom is 0.259 e. The Labute approximate surface area is 175 Å². The van der Waals surface area contributed by atoms with Gasteiger partial charge >= 0.3 is 0 Å². The summed E-state index contributed by atoms with van der Waals surface area (Å²) < 4.78 is 19.6. The fourth-order valence-electron chi connectivity index (χ4n) is 2.79. The Morgan fingerprint density at radius 2 is 1.90 bits per heavy atom. The van der Waals surface area contributed by atoms with Gasteiger partial charge in [0.2, 0.25) is 0 Å². The average molecular weight is 430 g/mol. The second-order valence-electron chi connectivity index (χ2n) is 6.25. The summed E-state index contributed by atoms with van der Waals surface area (Å²) in [6.45, 7) is 0.289. The van der Waals surface area contributed by atoms with Crippen molar-refractivity contribution in [2.24, 2.45) is 0 Å². The van der Waals surface area contributed by atoms with Crippen molar-refractivity contribution < 1.29 is 13.9 Å². The number of nitrogens with zero attached hydrogens (tertiary/aromatic N) is 1. The Bertz CT molecular complexity index is 1210. The highest BCUT2D eigenvalue weighted by Crippen LogP contribution is 2.27. The van der Waals surface area contributed by atoms with Crippen LogP contribution >= 0.6 is 23.2 Å². The first-order valence-electron chi connectivity index (χ1n) is 8.62. The largest absolute Gasteiger partial charge is 0.489 e. The molecule has 1 aromatic heterocycles. The number of aromatic amines is 1. The number of halogens is 3. The molecule has 2 N–H and O–H groups in total. The maximum atomic E-state index is 13.8. The monoisotopic (exact) mass is 429 g/mol. The second kappa shape index (κ2) is 8.11. The van der Waals surface area contributed by atoms with Crippen molar-refractivity contribution in [1.29, 1.82) is 0 Å². The number of hydrogen-bond acceptors (Lipinski definition) is 3. The minimum atomic E-state index is -0.601. The molecular weight excluding hydrogens is 416 g/mol. The summed E-state index contributed by atoms with van der Waals surface area (Å²) in [6.07, 6.45) is 0. The molecule has 4 aromatic rings. The highest BCUT2D eigenvalue weighted by Gasteiger charge is 2.15. The summed E-state index contributed by atoms with van der Waals surface area (Å²) in [6, 6.07) is 16.3. The summed E-state index contributed by atoms with van der Waals surface area (Å²) in [5.74, 6) is -0.325. The van der Waals surface area contributed by atoms with E-state index >= 15 is 0 Å². The van der Waals surface area contributed by atoms with Crippen molar-refractivity contribution in [2.45, 2.75) is 6.61 Å². The molecule has 0 aliphatic carbocycles. The van der Waals surface area contributed by atoms with Gasteiger partial charge in [-0.25, -0.2) is 4.39 Å². The van der Waals surface area contributed by atoms with Crippen LogP contribution in [0.15, 0.2) is 60.7 Å². The molecule has 146 valence electrons. The quantitative estimate of drug-likeness (QED) is 0.418. The predicted molar refractivity (Wildman–Crippen MR) is 111 cm³/mol. The molecule has 1 heterocycles. The van der Waals surface area contributed by atoms with Crippen molar-refractivity contribution in [3.63, 3.8) is 0 Å². The Kier molecular flexibility index (Phi) is 5.38. The van der Waals surface area contributed by atoms with Crippen LogP contribution in [0, 0.1) is 5.82 Å². The molecule has 0 radical (unpaired) electrons. The van der Waals surface area contributed by atoms with Crippen LogP contribution in [0.25, 0.3) is 10.9 Å². The van der Waals surface area contributed by atoms with Crippen LogP contribution in [0.5, 0.6) is 5.75 Å². The van der Waals surface area contributed by atoms with Gasteiger partial charge in [-0.2, -0.15) is 5.10 Å². The number of carbonyl (C=O) groups is 1. The number of hydrogen-bond donors (Lipinski definition) is 2. The summed E-state index contributed by atoms with van der Waals surface area (Å²) in [7, 11) is 0. The van der Waals surface area contributed by atoms with Gasteiger partial charge in [0.15, 0.2) is 5.82 Å². The molecule has 0 bridgehead atoms. The molecule has 0 aliphatic rings. The Balaban J connectivity index is 1.53. The first kappa shape index (κ1) is 19.2. The first-order valence-corrected chi connectivity index (χ1v) is 9.37. The van der Waals surface area contributed by atoms with E-state index in [4.69, 9.17) is 27.9 Å². The number of rotatable bonds is 5. The molecule has 5 nitrogen and oxygen atoms in total. The van der Waals surface area contributed by atoms with Crippen molar-refractivity contribution in [1.82, 2.24) is 10.2 Å². The number of nitrogens with one attached hydrogen (secondary N) is 2. The highest BCUT2D eigenvalue weighted by atomic mass is 35.5. The molecule has 0 fully saturated rings. The van der Waals surface area contributed by atoms with Crippen molar-refractivity contribution in [2.75, 3.05) is 5.32 Å². The van der Waals surface area contributed by atoms with Gasteiger partial charge in [-0.3, -0.25) is 9.89 Å². The van der Waals surface area contributed by atoms with Gasteiger partial charge in [-0.05, 0) is 48.0 Å². The van der Waals surface area contributed by atoms with Crippen molar-refractivity contribution in [3.8, 4) is 5.75 Å². The van der Waals surface area contributed by atoms with Gasteiger partial charge in [-0.15, -0.1) is 0 Å². The summed E-state index contributed by atoms with van der Waals surface area (Å²) >= 11 is 11.9. The molecule has 0 aliphatic heterocycles. The first-order chi connectivity index (χ1) is 14.0. The van der Waals surface area contributed by atoms with Crippen molar-refractivity contribution >= 4 is 45.8 Å². The molecule has 1 amide bonds. The highest BCUT2D eigenvalue weighted by molar-refractivity contribution is 6.42. The van der Waals surface area contributed by atoms with Crippen LogP contribution in [-0.2, 0) is 6.61 Å². The Hall–Kier alpha value is -3.09. The minimum Gasteiger partial charge on any atom is -0.489 e. The van der Waals surface area contributed by atoms with Crippen LogP contribution in [-0.4, -0.2) is 16.1 Å². The molecular formula is C21H14Cl2FN3O2. The van der Waals surface area contributed by atoms with Crippen LogP contribution < -0.4 is 10.1 Å². The predicted octanol–water partition coefficient (Wildman–Crippen LogP) is 5.84. The molecule has 0 atom stereocenters. The van der Waals surface area contributed by atoms with Crippen LogP contribution in [0.4, 0.5) is 10.2 Å². The van der Waals surface area contributed by atoms with Crippen molar-refractivity contribution in [3.05, 3.63) is 87.7 Å². The Morgan fingerprint density at radius 1 is 1.07 bits per heavy atom. The summed E-state index contributed by atoms with van der Waals surface area (Å²) in [5.41, 5.74) is 1.51. The number of benzene rings is 3. The van der Waals surface area contributed by atoms with E-state index in [2.05, 4.69) is 15.5 Å². The summed E-state index contributed by atoms with van der Waals surface area (Å²) in [4.78, 5) is 12.4. The number of anilines is 1. The lowest BCUT2D eigenvalue weighted by molar-refractivity contribution is 0.102. The van der Waals surface area contributed by atoms with Crippen LogP contribution in [0.1, 0.15) is 15.9 Å². The fraction of sp³-hybridized carbons (Fsp3) is 0.0476. The number of ether oxygens (including phenoxy) is 1. The van der Waals surface area contributed by atoms with Crippen LogP contribution in [0.2, 0.25) is 10.0 Å². The third-order valence-corrected chi connectivity index (χ3v) is 5.01. The lowest BCUT2D eigenvalue weighted by Gasteiger charge is -2.08. The molecule has 0 unspecified atom stereocenters. The number of H-pyrrole nitrogens is 1. The van der Waals surface area contributed by atoms with Gasteiger partial charge in [0.05, 0.1) is 21.1 Å². The zero-order valence-electron chi connectivity index (χ0n) is 14.9. The number of fused-ring (bicyclic) bond motifs is 1. The zero-order chi connectivity index (χ0) is 20.4. The third kappa shape index (κ3) is 4.18. The van der Waals surface area contributed by atoms with E-state index in [9.17, 15) is 9.18 Å². The number of carbonyl (C=O) groups excluding carboxylic acids is 1. The SMILES string of the molecule is O=C(Nc1n[nH]c2ccc(OCc3ccc(Cl)c(Cl)c3)cc12)c1ccccc1F. The molecule has 4 rings (SSSR count). The van der Waals surface area contributed by atoms with E-state index in [0.717, 1.165) is 5.56 Å². The third-order valence-electron chi connectivity index (χ3n) is 4.27. The smallest absolute Gasteiger partial charge is 0.259 e. The lowest BCUT2D eigenvalue weighted by Crippen LogP contribution is -2.14. The van der Waals surface area contributed by atoms with Crippen LogP contribution in [0.3, 0.4) is 0 Å². The van der Waals surface area contributed by atoms with E-state index in [1.54, 1.807) is 36.4 Å².